The highest BCUT2D eigenvalue weighted by Crippen LogP contribution is 2.24. The summed E-state index contributed by atoms with van der Waals surface area (Å²) in [5.41, 5.74) is 0. The van der Waals surface area contributed by atoms with Gasteiger partial charge < -0.3 is 4.90 Å². The lowest BCUT2D eigenvalue weighted by Crippen LogP contribution is -2.48. The quantitative estimate of drug-likeness (QED) is 0.850. The minimum absolute atomic E-state index is 0.607. The van der Waals surface area contributed by atoms with Crippen molar-refractivity contribution in [2.24, 2.45) is 0 Å². The molecule has 2 aromatic heterocycles. The zero-order chi connectivity index (χ0) is 13.9. The summed E-state index contributed by atoms with van der Waals surface area (Å²) in [4.78, 5) is 16.1. The fourth-order valence-electron chi connectivity index (χ4n) is 2.26. The van der Waals surface area contributed by atoms with E-state index in [0.29, 0.717) is 10.0 Å². The predicted octanol–water partition coefficient (Wildman–Crippen LogP) is 1.92. The predicted molar refractivity (Wildman–Crippen MR) is 79.5 cm³/mol. The maximum absolute atomic E-state index is 6.22. The van der Waals surface area contributed by atoms with E-state index in [0.717, 1.165) is 37.9 Å². The van der Waals surface area contributed by atoms with Crippen LogP contribution in [0, 0.1) is 0 Å². The Morgan fingerprint density at radius 2 is 1.65 bits per heavy atom. The van der Waals surface area contributed by atoms with Crippen LogP contribution in [0.2, 0.25) is 10.0 Å². The van der Waals surface area contributed by atoms with Crippen molar-refractivity contribution >= 4 is 35.0 Å². The largest absolute Gasteiger partial charge is 0.333 e. The second-order valence-electron chi connectivity index (χ2n) is 4.54. The van der Waals surface area contributed by atoms with Crippen LogP contribution in [0.3, 0.4) is 0 Å². The number of nitrogens with one attached hydrogen (secondary N) is 1. The number of nitrogens with zero attached hydrogens (tertiary/aromatic N) is 4. The molecular formula is C13H14Cl2N5+. The zero-order valence-electron chi connectivity index (χ0n) is 10.8. The molecule has 0 aliphatic carbocycles. The highest BCUT2D eigenvalue weighted by atomic mass is 35.5. The minimum Gasteiger partial charge on any atom is -0.333 e. The summed E-state index contributed by atoms with van der Waals surface area (Å²) in [5, 5.41) is 1.25. The van der Waals surface area contributed by atoms with E-state index in [2.05, 4.69) is 24.8 Å². The van der Waals surface area contributed by atoms with Crippen LogP contribution in [-0.4, -0.2) is 36.1 Å². The maximum atomic E-state index is 6.22. The molecule has 104 valence electrons. The lowest BCUT2D eigenvalue weighted by atomic mass is 10.3. The molecule has 1 saturated heterocycles. The van der Waals surface area contributed by atoms with Crippen molar-refractivity contribution < 1.29 is 4.98 Å². The normalized spacial score (nSPS) is 15.5. The molecule has 0 unspecified atom stereocenters. The second-order valence-corrected chi connectivity index (χ2v) is 5.38. The topological polar surface area (TPSA) is 46.4 Å². The summed E-state index contributed by atoms with van der Waals surface area (Å²) >= 11 is 12.1. The van der Waals surface area contributed by atoms with E-state index < -0.39 is 0 Å². The molecule has 7 heteroatoms. The van der Waals surface area contributed by atoms with Gasteiger partial charge in [-0.1, -0.05) is 23.2 Å². The first-order chi connectivity index (χ1) is 9.74. The lowest BCUT2D eigenvalue weighted by molar-refractivity contribution is -0.363. The van der Waals surface area contributed by atoms with E-state index >= 15 is 0 Å². The summed E-state index contributed by atoms with van der Waals surface area (Å²) in [6.07, 6.45) is 5.27. The molecule has 1 N–H and O–H groups in total. The van der Waals surface area contributed by atoms with Gasteiger partial charge in [0.25, 0.3) is 5.82 Å². The lowest BCUT2D eigenvalue weighted by Gasteiger charge is -2.31. The van der Waals surface area contributed by atoms with Gasteiger partial charge in [-0.3, -0.25) is 4.90 Å². The molecule has 1 aliphatic rings. The molecule has 0 bridgehead atoms. The summed E-state index contributed by atoms with van der Waals surface area (Å²) in [6.45, 7) is 3.43. The molecule has 2 aromatic rings. The van der Waals surface area contributed by atoms with E-state index in [4.69, 9.17) is 23.2 Å². The SMILES string of the molecule is Clc1c[nH+]c(N2CCN(c3ncccn3)CC2)c(Cl)c1. The van der Waals surface area contributed by atoms with Crippen LogP contribution in [0.5, 0.6) is 0 Å². The third-order valence-electron chi connectivity index (χ3n) is 3.27. The molecule has 0 radical (unpaired) electrons. The smallest absolute Gasteiger partial charge is 0.293 e. The van der Waals surface area contributed by atoms with Gasteiger partial charge in [-0.15, -0.1) is 0 Å². The van der Waals surface area contributed by atoms with Crippen molar-refractivity contribution in [1.82, 2.24) is 9.97 Å². The van der Waals surface area contributed by atoms with Crippen LogP contribution in [0.25, 0.3) is 0 Å². The number of aromatic amines is 1. The molecule has 0 atom stereocenters. The van der Waals surface area contributed by atoms with Gasteiger partial charge in [0.05, 0.1) is 18.1 Å². The maximum Gasteiger partial charge on any atom is 0.293 e. The van der Waals surface area contributed by atoms with Gasteiger partial charge in [0, 0.05) is 12.4 Å². The molecule has 20 heavy (non-hydrogen) atoms. The van der Waals surface area contributed by atoms with Crippen LogP contribution in [0.1, 0.15) is 0 Å². The molecule has 0 amide bonds. The van der Waals surface area contributed by atoms with E-state index in [1.54, 1.807) is 24.7 Å². The molecule has 3 rings (SSSR count). The molecule has 1 fully saturated rings. The van der Waals surface area contributed by atoms with Gasteiger partial charge >= 0.3 is 0 Å². The number of hydrogen-bond acceptors (Lipinski definition) is 4. The van der Waals surface area contributed by atoms with Crippen molar-refractivity contribution in [2.45, 2.75) is 0 Å². The first kappa shape index (κ1) is 13.4. The number of rotatable bonds is 2. The Morgan fingerprint density at radius 3 is 2.30 bits per heavy atom. The van der Waals surface area contributed by atoms with Crippen molar-refractivity contribution in [2.75, 3.05) is 36.0 Å². The third kappa shape index (κ3) is 2.78. The molecule has 3 heterocycles. The van der Waals surface area contributed by atoms with Gasteiger partial charge in [0.15, 0.2) is 0 Å². The van der Waals surface area contributed by atoms with Gasteiger partial charge in [-0.2, -0.15) is 0 Å². The molecular weight excluding hydrogens is 297 g/mol. The highest BCUT2D eigenvalue weighted by Gasteiger charge is 2.26. The summed E-state index contributed by atoms with van der Waals surface area (Å²) in [5.74, 6) is 1.68. The summed E-state index contributed by atoms with van der Waals surface area (Å²) < 4.78 is 0. The number of anilines is 2. The van der Waals surface area contributed by atoms with E-state index in [9.17, 15) is 0 Å². The number of H-pyrrole nitrogens is 1. The average molecular weight is 311 g/mol. The Kier molecular flexibility index (Phi) is 3.89. The van der Waals surface area contributed by atoms with Crippen molar-refractivity contribution in [3.05, 3.63) is 40.8 Å². The van der Waals surface area contributed by atoms with Crippen LogP contribution >= 0.6 is 23.2 Å². The van der Waals surface area contributed by atoms with E-state index in [1.165, 1.54) is 0 Å². The number of hydrogen-bond donors (Lipinski definition) is 0. The van der Waals surface area contributed by atoms with Gasteiger partial charge in [0.2, 0.25) is 5.95 Å². The molecule has 0 saturated carbocycles. The van der Waals surface area contributed by atoms with Crippen LogP contribution in [0.4, 0.5) is 11.8 Å². The Labute approximate surface area is 127 Å². The fourth-order valence-corrected chi connectivity index (χ4v) is 2.78. The first-order valence-corrected chi connectivity index (χ1v) is 7.13. The average Bonchev–Trinajstić information content (AvgIpc) is 2.48. The monoisotopic (exact) mass is 310 g/mol. The van der Waals surface area contributed by atoms with Crippen molar-refractivity contribution in [3.8, 4) is 0 Å². The Hall–Kier alpha value is -1.59. The molecule has 0 aromatic carbocycles. The Balaban J connectivity index is 1.69. The Morgan fingerprint density at radius 1 is 1.00 bits per heavy atom. The summed E-state index contributed by atoms with van der Waals surface area (Å²) in [7, 11) is 0. The first-order valence-electron chi connectivity index (χ1n) is 6.38. The summed E-state index contributed by atoms with van der Waals surface area (Å²) in [6, 6.07) is 3.57. The van der Waals surface area contributed by atoms with Crippen LogP contribution < -0.4 is 14.8 Å². The van der Waals surface area contributed by atoms with E-state index in [-0.39, 0.29) is 0 Å². The van der Waals surface area contributed by atoms with Crippen LogP contribution in [-0.2, 0) is 0 Å². The minimum atomic E-state index is 0.607. The second kappa shape index (κ2) is 5.81. The Bertz CT molecular complexity index is 585. The van der Waals surface area contributed by atoms with Crippen molar-refractivity contribution in [3.63, 3.8) is 0 Å². The van der Waals surface area contributed by atoms with E-state index in [1.807, 2.05) is 6.07 Å². The molecule has 1 aliphatic heterocycles. The van der Waals surface area contributed by atoms with Gasteiger partial charge in [-0.05, 0) is 12.1 Å². The number of piperazine rings is 1. The fraction of sp³-hybridized carbons (Fsp3) is 0.308. The van der Waals surface area contributed by atoms with Crippen molar-refractivity contribution in [1.29, 1.82) is 0 Å². The van der Waals surface area contributed by atoms with Gasteiger partial charge in [-0.25, -0.2) is 15.0 Å². The number of halogens is 2. The standard InChI is InChI=1S/C13H13Cl2N5/c14-10-8-11(15)12(18-9-10)19-4-6-20(7-5-19)13-16-2-1-3-17-13/h1-3,8-9H,4-7H2/p+1. The number of pyridine rings is 1. The van der Waals surface area contributed by atoms with Gasteiger partial charge in [0.1, 0.15) is 24.3 Å². The highest BCUT2D eigenvalue weighted by molar-refractivity contribution is 6.35. The zero-order valence-corrected chi connectivity index (χ0v) is 12.3. The third-order valence-corrected chi connectivity index (χ3v) is 3.77. The molecule has 0 spiro atoms. The molecule has 5 nitrogen and oxygen atoms in total. The number of aromatic nitrogens is 3. The van der Waals surface area contributed by atoms with Crippen LogP contribution in [0.15, 0.2) is 30.7 Å².